The zero-order chi connectivity index (χ0) is 19.2. The van der Waals surface area contributed by atoms with Crippen molar-refractivity contribution in [1.29, 1.82) is 0 Å². The Morgan fingerprint density at radius 2 is 1.41 bits per heavy atom. The van der Waals surface area contributed by atoms with Crippen LogP contribution in [0.15, 0.2) is 72.8 Å². The van der Waals surface area contributed by atoms with Crippen molar-refractivity contribution in [2.45, 2.75) is 6.92 Å². The summed E-state index contributed by atoms with van der Waals surface area (Å²) in [6, 6.07) is 21.6. The molecule has 0 saturated carbocycles. The van der Waals surface area contributed by atoms with E-state index in [0.717, 1.165) is 17.1 Å². The van der Waals surface area contributed by atoms with Crippen molar-refractivity contribution < 1.29 is 9.59 Å². The second-order valence-electron chi connectivity index (χ2n) is 5.90. The zero-order valence-corrected chi connectivity index (χ0v) is 15.4. The van der Waals surface area contributed by atoms with Gasteiger partial charge in [-0.2, -0.15) is 0 Å². The Morgan fingerprint density at radius 3 is 2.11 bits per heavy atom. The number of hydrogen-bond donors (Lipinski definition) is 3. The average Bonchev–Trinajstić information content (AvgIpc) is 2.63. The highest BCUT2D eigenvalue weighted by Gasteiger charge is 2.09. The number of anilines is 4. The molecule has 0 bridgehead atoms. The summed E-state index contributed by atoms with van der Waals surface area (Å²) in [6.07, 6.45) is 0. The first-order valence-corrected chi connectivity index (χ1v) is 8.70. The van der Waals surface area contributed by atoms with E-state index in [0.29, 0.717) is 16.3 Å². The molecule has 3 N–H and O–H groups in total. The highest BCUT2D eigenvalue weighted by molar-refractivity contribution is 6.34. The van der Waals surface area contributed by atoms with Crippen molar-refractivity contribution in [2.75, 3.05) is 16.0 Å². The van der Waals surface area contributed by atoms with Crippen molar-refractivity contribution in [3.63, 3.8) is 0 Å². The molecule has 3 aromatic carbocycles. The SMILES string of the molecule is CC(=O)Nc1cccc(Nc2ccc(NC(=O)c3ccccc3Cl)cc2)c1. The number of rotatable bonds is 5. The van der Waals surface area contributed by atoms with Crippen molar-refractivity contribution in [3.05, 3.63) is 83.4 Å². The molecular weight excluding hydrogens is 362 g/mol. The maximum atomic E-state index is 12.3. The van der Waals surface area contributed by atoms with E-state index in [4.69, 9.17) is 11.6 Å². The summed E-state index contributed by atoms with van der Waals surface area (Å²) in [6.45, 7) is 1.47. The number of hydrogen-bond acceptors (Lipinski definition) is 3. The first-order chi connectivity index (χ1) is 13.0. The van der Waals surface area contributed by atoms with Crippen LogP contribution in [0, 0.1) is 0 Å². The van der Waals surface area contributed by atoms with E-state index in [1.54, 1.807) is 36.4 Å². The lowest BCUT2D eigenvalue weighted by Crippen LogP contribution is -2.12. The van der Waals surface area contributed by atoms with Gasteiger partial charge in [0.05, 0.1) is 10.6 Å². The van der Waals surface area contributed by atoms with E-state index in [-0.39, 0.29) is 11.8 Å². The maximum absolute atomic E-state index is 12.3. The molecule has 5 nitrogen and oxygen atoms in total. The normalized spacial score (nSPS) is 10.1. The lowest BCUT2D eigenvalue weighted by atomic mass is 10.2. The van der Waals surface area contributed by atoms with E-state index in [1.807, 2.05) is 36.4 Å². The largest absolute Gasteiger partial charge is 0.355 e. The molecule has 0 radical (unpaired) electrons. The molecule has 3 rings (SSSR count). The second-order valence-corrected chi connectivity index (χ2v) is 6.31. The highest BCUT2D eigenvalue weighted by atomic mass is 35.5. The lowest BCUT2D eigenvalue weighted by molar-refractivity contribution is -0.114. The fourth-order valence-corrected chi connectivity index (χ4v) is 2.75. The monoisotopic (exact) mass is 379 g/mol. The Labute approximate surface area is 162 Å². The molecule has 0 aromatic heterocycles. The molecule has 0 aliphatic rings. The molecule has 0 fully saturated rings. The van der Waals surface area contributed by atoms with Crippen molar-refractivity contribution in [3.8, 4) is 0 Å². The predicted molar refractivity (Wildman–Crippen MR) is 110 cm³/mol. The average molecular weight is 380 g/mol. The highest BCUT2D eigenvalue weighted by Crippen LogP contribution is 2.22. The van der Waals surface area contributed by atoms with Gasteiger partial charge < -0.3 is 16.0 Å². The molecule has 2 amide bonds. The van der Waals surface area contributed by atoms with Crippen molar-refractivity contribution in [2.24, 2.45) is 0 Å². The van der Waals surface area contributed by atoms with Crippen molar-refractivity contribution in [1.82, 2.24) is 0 Å². The molecule has 27 heavy (non-hydrogen) atoms. The fourth-order valence-electron chi connectivity index (χ4n) is 2.53. The van der Waals surface area contributed by atoms with E-state index in [1.165, 1.54) is 6.92 Å². The topological polar surface area (TPSA) is 70.2 Å². The van der Waals surface area contributed by atoms with Gasteiger partial charge in [-0.1, -0.05) is 29.8 Å². The van der Waals surface area contributed by atoms with Crippen LogP contribution in [-0.4, -0.2) is 11.8 Å². The minimum atomic E-state index is -0.260. The number of carbonyl (C=O) groups is 2. The van der Waals surface area contributed by atoms with Crippen LogP contribution in [0.4, 0.5) is 22.7 Å². The molecule has 0 aliphatic heterocycles. The van der Waals surface area contributed by atoms with Crippen LogP contribution >= 0.6 is 11.6 Å². The smallest absolute Gasteiger partial charge is 0.257 e. The Hall–Kier alpha value is -3.31. The zero-order valence-electron chi connectivity index (χ0n) is 14.6. The lowest BCUT2D eigenvalue weighted by Gasteiger charge is -2.10. The van der Waals surface area contributed by atoms with Gasteiger partial charge in [0.15, 0.2) is 0 Å². The van der Waals surface area contributed by atoms with Gasteiger partial charge in [0.2, 0.25) is 5.91 Å². The minimum absolute atomic E-state index is 0.120. The van der Waals surface area contributed by atoms with E-state index in [2.05, 4.69) is 16.0 Å². The van der Waals surface area contributed by atoms with Gasteiger partial charge >= 0.3 is 0 Å². The molecule has 136 valence electrons. The Morgan fingerprint density at radius 1 is 0.741 bits per heavy atom. The van der Waals surface area contributed by atoms with Crippen LogP contribution < -0.4 is 16.0 Å². The Bertz CT molecular complexity index is 971. The third-order valence-electron chi connectivity index (χ3n) is 3.73. The quantitative estimate of drug-likeness (QED) is 0.563. The summed E-state index contributed by atoms with van der Waals surface area (Å²) >= 11 is 6.05. The van der Waals surface area contributed by atoms with E-state index < -0.39 is 0 Å². The van der Waals surface area contributed by atoms with Gasteiger partial charge in [0, 0.05) is 29.7 Å². The number of nitrogens with one attached hydrogen (secondary N) is 3. The van der Waals surface area contributed by atoms with Crippen LogP contribution in [0.3, 0.4) is 0 Å². The molecule has 0 saturated heterocycles. The second kappa shape index (κ2) is 8.38. The third kappa shape index (κ3) is 5.09. The van der Waals surface area contributed by atoms with E-state index >= 15 is 0 Å². The van der Waals surface area contributed by atoms with Gasteiger partial charge in [0.1, 0.15) is 0 Å². The molecule has 0 spiro atoms. The molecular formula is C21H18ClN3O2. The third-order valence-corrected chi connectivity index (χ3v) is 4.06. The van der Waals surface area contributed by atoms with Gasteiger partial charge in [-0.15, -0.1) is 0 Å². The summed E-state index contributed by atoms with van der Waals surface area (Å²) in [5.74, 6) is -0.380. The predicted octanol–water partition coefficient (Wildman–Crippen LogP) is 5.29. The summed E-state index contributed by atoms with van der Waals surface area (Å²) < 4.78 is 0. The molecule has 6 heteroatoms. The fraction of sp³-hybridized carbons (Fsp3) is 0.0476. The molecule has 0 heterocycles. The van der Waals surface area contributed by atoms with Crippen LogP contribution in [0.25, 0.3) is 0 Å². The summed E-state index contributed by atoms with van der Waals surface area (Å²) in [5.41, 5.74) is 3.50. The number of halogens is 1. The molecule has 3 aromatic rings. The number of amides is 2. The van der Waals surface area contributed by atoms with Gasteiger partial charge in [-0.05, 0) is 54.6 Å². The molecule has 0 aliphatic carbocycles. The summed E-state index contributed by atoms with van der Waals surface area (Å²) in [5, 5.41) is 9.23. The molecule has 0 unspecified atom stereocenters. The maximum Gasteiger partial charge on any atom is 0.257 e. The Balaban J connectivity index is 1.66. The first-order valence-electron chi connectivity index (χ1n) is 8.32. The number of carbonyl (C=O) groups excluding carboxylic acids is 2. The van der Waals surface area contributed by atoms with Crippen LogP contribution in [0.1, 0.15) is 17.3 Å². The van der Waals surface area contributed by atoms with Crippen LogP contribution in [-0.2, 0) is 4.79 Å². The summed E-state index contributed by atoms with van der Waals surface area (Å²) in [4.78, 5) is 23.4. The Kier molecular flexibility index (Phi) is 5.74. The van der Waals surface area contributed by atoms with Crippen molar-refractivity contribution >= 4 is 46.2 Å². The van der Waals surface area contributed by atoms with Gasteiger partial charge in [-0.3, -0.25) is 9.59 Å². The van der Waals surface area contributed by atoms with Crippen LogP contribution in [0.2, 0.25) is 5.02 Å². The first kappa shape index (κ1) is 18.5. The standard InChI is InChI=1S/C21H18ClN3O2/c1-14(26)23-17-5-4-6-18(13-17)24-15-9-11-16(12-10-15)25-21(27)19-7-2-3-8-20(19)22/h2-13,24H,1H3,(H,23,26)(H,25,27). The summed E-state index contributed by atoms with van der Waals surface area (Å²) in [7, 11) is 0. The number of benzene rings is 3. The van der Waals surface area contributed by atoms with E-state index in [9.17, 15) is 9.59 Å². The van der Waals surface area contributed by atoms with Gasteiger partial charge in [0.25, 0.3) is 5.91 Å². The van der Waals surface area contributed by atoms with Crippen LogP contribution in [0.5, 0.6) is 0 Å². The van der Waals surface area contributed by atoms with Gasteiger partial charge in [-0.25, -0.2) is 0 Å². The minimum Gasteiger partial charge on any atom is -0.355 e. The molecule has 0 atom stereocenters.